The lowest BCUT2D eigenvalue weighted by Gasteiger charge is -2.19. The zero-order valence-corrected chi connectivity index (χ0v) is 12.8. The summed E-state index contributed by atoms with van der Waals surface area (Å²) >= 11 is 0. The van der Waals surface area contributed by atoms with Crippen LogP contribution in [0.3, 0.4) is 0 Å². The molecule has 0 saturated heterocycles. The van der Waals surface area contributed by atoms with Crippen molar-refractivity contribution >= 4 is 0 Å². The molecule has 0 bridgehead atoms. The van der Waals surface area contributed by atoms with E-state index in [1.54, 1.807) is 6.07 Å². The van der Waals surface area contributed by atoms with Gasteiger partial charge < -0.3 is 10.2 Å². The quantitative estimate of drug-likeness (QED) is 0.723. The van der Waals surface area contributed by atoms with Crippen LogP contribution in [-0.4, -0.2) is 10.2 Å². The van der Waals surface area contributed by atoms with Crippen LogP contribution in [0.2, 0.25) is 0 Å². The fraction of sp³-hybridized carbons (Fsp3) is 0.368. The summed E-state index contributed by atoms with van der Waals surface area (Å²) < 4.78 is 0. The van der Waals surface area contributed by atoms with Crippen LogP contribution < -0.4 is 0 Å². The molecule has 0 saturated carbocycles. The molecule has 0 aliphatic rings. The zero-order valence-electron chi connectivity index (χ0n) is 12.8. The van der Waals surface area contributed by atoms with Gasteiger partial charge in [-0.1, -0.05) is 62.1 Å². The van der Waals surface area contributed by atoms with Gasteiger partial charge in [-0.15, -0.1) is 0 Å². The van der Waals surface area contributed by atoms with Gasteiger partial charge in [0.05, 0.1) is 0 Å². The Kier molecular flexibility index (Phi) is 5.26. The summed E-state index contributed by atoms with van der Waals surface area (Å²) in [4.78, 5) is 0. The number of aromatic hydroxyl groups is 2. The molecule has 2 rings (SSSR count). The van der Waals surface area contributed by atoms with Crippen LogP contribution in [0.1, 0.15) is 55.2 Å². The Morgan fingerprint density at radius 2 is 1.67 bits per heavy atom. The second kappa shape index (κ2) is 7.16. The summed E-state index contributed by atoms with van der Waals surface area (Å²) in [6.45, 7) is 4.27. The number of benzene rings is 2. The molecule has 2 aromatic carbocycles. The lowest BCUT2D eigenvalue weighted by Crippen LogP contribution is -2.02. The molecule has 21 heavy (non-hydrogen) atoms. The monoisotopic (exact) mass is 284 g/mol. The minimum Gasteiger partial charge on any atom is -0.508 e. The van der Waals surface area contributed by atoms with E-state index in [1.807, 2.05) is 6.07 Å². The van der Waals surface area contributed by atoms with Crippen molar-refractivity contribution in [2.24, 2.45) is 0 Å². The van der Waals surface area contributed by atoms with Crippen molar-refractivity contribution in [3.63, 3.8) is 0 Å². The summed E-state index contributed by atoms with van der Waals surface area (Å²) in [7, 11) is 0. The molecule has 1 atom stereocenters. The first-order valence-corrected chi connectivity index (χ1v) is 7.70. The first-order chi connectivity index (χ1) is 10.1. The van der Waals surface area contributed by atoms with Gasteiger partial charge in [-0.2, -0.15) is 0 Å². The van der Waals surface area contributed by atoms with E-state index in [9.17, 15) is 10.2 Å². The minimum atomic E-state index is 0.104. The van der Waals surface area contributed by atoms with E-state index >= 15 is 0 Å². The molecule has 0 radical (unpaired) electrons. The SMILES string of the molecule is CCCCCC(c1ccc(C)cc1)c1ccc(O)cc1O. The van der Waals surface area contributed by atoms with E-state index in [2.05, 4.69) is 38.1 Å². The molecule has 0 aliphatic heterocycles. The summed E-state index contributed by atoms with van der Waals surface area (Å²) in [6.07, 6.45) is 4.52. The molecule has 0 aliphatic carbocycles. The maximum Gasteiger partial charge on any atom is 0.123 e. The second-order valence-corrected chi connectivity index (χ2v) is 5.70. The highest BCUT2D eigenvalue weighted by Crippen LogP contribution is 2.36. The standard InChI is InChI=1S/C19H24O2/c1-3-4-5-6-17(15-9-7-14(2)8-10-15)18-12-11-16(20)13-19(18)21/h7-13,17,20-21H,3-6H2,1-2H3. The van der Waals surface area contributed by atoms with Crippen molar-refractivity contribution < 1.29 is 10.2 Å². The predicted molar refractivity (Wildman–Crippen MR) is 86.9 cm³/mol. The lowest BCUT2D eigenvalue weighted by atomic mass is 9.86. The maximum atomic E-state index is 10.2. The van der Waals surface area contributed by atoms with Gasteiger partial charge in [-0.05, 0) is 25.0 Å². The third-order valence-corrected chi connectivity index (χ3v) is 3.97. The Morgan fingerprint density at radius 1 is 0.952 bits per heavy atom. The van der Waals surface area contributed by atoms with Gasteiger partial charge in [0.1, 0.15) is 11.5 Å². The molecule has 112 valence electrons. The Hall–Kier alpha value is -1.96. The molecule has 2 aromatic rings. The highest BCUT2D eigenvalue weighted by molar-refractivity contribution is 5.45. The van der Waals surface area contributed by atoms with Crippen LogP contribution in [0.25, 0.3) is 0 Å². The molecule has 2 heteroatoms. The largest absolute Gasteiger partial charge is 0.508 e. The smallest absolute Gasteiger partial charge is 0.123 e. The first kappa shape index (κ1) is 15.4. The van der Waals surface area contributed by atoms with Crippen LogP contribution in [0.4, 0.5) is 0 Å². The number of phenolic OH excluding ortho intramolecular Hbond substituents is 2. The first-order valence-electron chi connectivity index (χ1n) is 7.70. The number of phenols is 2. The van der Waals surface area contributed by atoms with Gasteiger partial charge in [0.25, 0.3) is 0 Å². The van der Waals surface area contributed by atoms with Crippen LogP contribution in [0.5, 0.6) is 11.5 Å². The van der Waals surface area contributed by atoms with Crippen LogP contribution in [0.15, 0.2) is 42.5 Å². The van der Waals surface area contributed by atoms with Gasteiger partial charge in [0.2, 0.25) is 0 Å². The molecular weight excluding hydrogens is 260 g/mol. The topological polar surface area (TPSA) is 40.5 Å². The van der Waals surface area contributed by atoms with Crippen LogP contribution in [-0.2, 0) is 0 Å². The molecule has 0 amide bonds. The summed E-state index contributed by atoms with van der Waals surface area (Å²) in [6, 6.07) is 13.4. The van der Waals surface area contributed by atoms with Gasteiger partial charge in [-0.3, -0.25) is 0 Å². The highest BCUT2D eigenvalue weighted by atomic mass is 16.3. The second-order valence-electron chi connectivity index (χ2n) is 5.70. The van der Waals surface area contributed by atoms with Gasteiger partial charge >= 0.3 is 0 Å². The predicted octanol–water partition coefficient (Wildman–Crippen LogP) is 5.12. The van der Waals surface area contributed by atoms with Gasteiger partial charge in [0, 0.05) is 17.5 Å². The molecule has 0 spiro atoms. The number of hydrogen-bond acceptors (Lipinski definition) is 2. The molecule has 1 unspecified atom stereocenters. The van der Waals surface area contributed by atoms with E-state index in [4.69, 9.17) is 0 Å². The van der Waals surface area contributed by atoms with Crippen molar-refractivity contribution in [2.75, 3.05) is 0 Å². The fourth-order valence-corrected chi connectivity index (χ4v) is 2.73. The number of hydrogen-bond donors (Lipinski definition) is 2. The molecule has 2 N–H and O–H groups in total. The number of aryl methyl sites for hydroxylation is 1. The van der Waals surface area contributed by atoms with Crippen LogP contribution in [0, 0.1) is 6.92 Å². The third-order valence-electron chi connectivity index (χ3n) is 3.97. The van der Waals surface area contributed by atoms with E-state index in [0.717, 1.165) is 18.4 Å². The van der Waals surface area contributed by atoms with Crippen molar-refractivity contribution in [3.05, 3.63) is 59.2 Å². The lowest BCUT2D eigenvalue weighted by molar-refractivity contribution is 0.441. The zero-order chi connectivity index (χ0) is 15.2. The highest BCUT2D eigenvalue weighted by Gasteiger charge is 2.17. The average molecular weight is 284 g/mol. The van der Waals surface area contributed by atoms with Crippen molar-refractivity contribution in [2.45, 2.75) is 45.4 Å². The number of unbranched alkanes of at least 4 members (excludes halogenated alkanes) is 2. The van der Waals surface area contributed by atoms with E-state index in [-0.39, 0.29) is 17.4 Å². The van der Waals surface area contributed by atoms with E-state index < -0.39 is 0 Å². The Bertz CT molecular complexity index is 573. The maximum absolute atomic E-state index is 10.2. The van der Waals surface area contributed by atoms with Gasteiger partial charge in [0.15, 0.2) is 0 Å². The molecular formula is C19H24O2. The average Bonchev–Trinajstić information content (AvgIpc) is 2.46. The number of rotatable bonds is 6. The third kappa shape index (κ3) is 4.01. The Balaban J connectivity index is 2.32. The van der Waals surface area contributed by atoms with Crippen molar-refractivity contribution in [1.82, 2.24) is 0 Å². The van der Waals surface area contributed by atoms with E-state index in [1.165, 1.54) is 30.0 Å². The molecule has 0 heterocycles. The fourth-order valence-electron chi connectivity index (χ4n) is 2.73. The molecule has 0 fully saturated rings. The van der Waals surface area contributed by atoms with E-state index in [0.29, 0.717) is 0 Å². The normalized spacial score (nSPS) is 12.3. The van der Waals surface area contributed by atoms with Crippen LogP contribution >= 0.6 is 0 Å². The summed E-state index contributed by atoms with van der Waals surface area (Å²) in [5.74, 6) is 0.460. The van der Waals surface area contributed by atoms with Gasteiger partial charge in [-0.25, -0.2) is 0 Å². The summed E-state index contributed by atoms with van der Waals surface area (Å²) in [5.41, 5.74) is 3.35. The van der Waals surface area contributed by atoms with Crippen molar-refractivity contribution in [1.29, 1.82) is 0 Å². The molecule has 2 nitrogen and oxygen atoms in total. The minimum absolute atomic E-state index is 0.104. The Labute approximate surface area is 127 Å². The summed E-state index contributed by atoms with van der Waals surface area (Å²) in [5, 5.41) is 19.7. The Morgan fingerprint density at radius 3 is 2.29 bits per heavy atom. The van der Waals surface area contributed by atoms with Crippen molar-refractivity contribution in [3.8, 4) is 11.5 Å². The molecule has 0 aromatic heterocycles.